The number of thioether (sulfide) groups is 1. The van der Waals surface area contributed by atoms with Gasteiger partial charge in [-0.15, -0.1) is 11.3 Å². The molecule has 0 radical (unpaired) electrons. The molecule has 16 heavy (non-hydrogen) atoms. The van der Waals surface area contributed by atoms with Gasteiger partial charge in [0, 0.05) is 25.0 Å². The van der Waals surface area contributed by atoms with Gasteiger partial charge < -0.3 is 10.2 Å². The Morgan fingerprint density at radius 3 is 3.00 bits per heavy atom. The minimum absolute atomic E-state index is 0.557. The van der Waals surface area contributed by atoms with Crippen molar-refractivity contribution in [3.63, 3.8) is 0 Å². The SMILES string of the molecule is CNCc1csc(N(C)C(C)CCSC)n1. The van der Waals surface area contributed by atoms with Gasteiger partial charge in [0.1, 0.15) is 0 Å². The van der Waals surface area contributed by atoms with E-state index in [2.05, 4.69) is 40.8 Å². The number of aromatic nitrogens is 1. The molecule has 0 aliphatic carbocycles. The van der Waals surface area contributed by atoms with Crippen LogP contribution in [0.2, 0.25) is 0 Å². The molecular formula is C11H21N3S2. The fourth-order valence-electron chi connectivity index (χ4n) is 1.39. The van der Waals surface area contributed by atoms with Crippen LogP contribution in [-0.2, 0) is 6.54 Å². The molecule has 1 heterocycles. The Morgan fingerprint density at radius 2 is 2.38 bits per heavy atom. The van der Waals surface area contributed by atoms with Gasteiger partial charge in [-0.3, -0.25) is 0 Å². The fraction of sp³-hybridized carbons (Fsp3) is 0.727. The second kappa shape index (κ2) is 7.14. The molecule has 1 aromatic heterocycles. The molecule has 3 nitrogen and oxygen atoms in total. The van der Waals surface area contributed by atoms with E-state index in [-0.39, 0.29) is 0 Å². The molecule has 1 atom stereocenters. The number of nitrogens with zero attached hydrogens (tertiary/aromatic N) is 2. The lowest BCUT2D eigenvalue weighted by atomic mass is 10.2. The molecule has 0 spiro atoms. The fourth-order valence-corrected chi connectivity index (χ4v) is 2.86. The lowest BCUT2D eigenvalue weighted by molar-refractivity contribution is 0.665. The molecule has 1 rings (SSSR count). The summed E-state index contributed by atoms with van der Waals surface area (Å²) in [5.74, 6) is 1.21. The molecule has 0 saturated heterocycles. The van der Waals surface area contributed by atoms with Gasteiger partial charge in [-0.2, -0.15) is 11.8 Å². The molecule has 0 amide bonds. The van der Waals surface area contributed by atoms with Crippen LogP contribution in [0.5, 0.6) is 0 Å². The van der Waals surface area contributed by atoms with E-state index in [1.807, 2.05) is 18.8 Å². The Morgan fingerprint density at radius 1 is 1.62 bits per heavy atom. The summed E-state index contributed by atoms with van der Waals surface area (Å²) in [4.78, 5) is 6.88. The van der Waals surface area contributed by atoms with Gasteiger partial charge in [0.15, 0.2) is 5.13 Å². The van der Waals surface area contributed by atoms with Gasteiger partial charge in [-0.05, 0) is 32.4 Å². The third-order valence-corrected chi connectivity index (χ3v) is 4.22. The summed E-state index contributed by atoms with van der Waals surface area (Å²) in [7, 11) is 4.08. The first-order valence-corrected chi connectivity index (χ1v) is 7.77. The van der Waals surface area contributed by atoms with Crippen molar-refractivity contribution in [2.24, 2.45) is 0 Å². The van der Waals surface area contributed by atoms with Gasteiger partial charge in [0.05, 0.1) is 5.69 Å². The molecular weight excluding hydrogens is 238 g/mol. The van der Waals surface area contributed by atoms with Crippen LogP contribution >= 0.6 is 23.1 Å². The molecule has 1 N–H and O–H groups in total. The van der Waals surface area contributed by atoms with E-state index in [9.17, 15) is 0 Å². The average molecular weight is 259 g/mol. The highest BCUT2D eigenvalue weighted by Crippen LogP contribution is 2.22. The van der Waals surface area contributed by atoms with Gasteiger partial charge in [0.25, 0.3) is 0 Å². The molecule has 1 unspecified atom stereocenters. The maximum atomic E-state index is 4.60. The quantitative estimate of drug-likeness (QED) is 0.814. The van der Waals surface area contributed by atoms with Gasteiger partial charge in [-0.1, -0.05) is 0 Å². The van der Waals surface area contributed by atoms with Crippen LogP contribution in [-0.4, -0.2) is 37.1 Å². The van der Waals surface area contributed by atoms with Crippen LogP contribution < -0.4 is 10.2 Å². The minimum atomic E-state index is 0.557. The Hall–Kier alpha value is -0.260. The van der Waals surface area contributed by atoms with Gasteiger partial charge in [-0.25, -0.2) is 4.98 Å². The second-order valence-corrected chi connectivity index (χ2v) is 5.72. The summed E-state index contributed by atoms with van der Waals surface area (Å²) in [5, 5.41) is 6.37. The zero-order chi connectivity index (χ0) is 12.0. The van der Waals surface area contributed by atoms with E-state index >= 15 is 0 Å². The number of rotatable bonds is 7. The summed E-state index contributed by atoms with van der Waals surface area (Å²) in [6.45, 7) is 3.11. The van der Waals surface area contributed by atoms with Crippen molar-refractivity contribution >= 4 is 28.2 Å². The lowest BCUT2D eigenvalue weighted by Gasteiger charge is -2.23. The van der Waals surface area contributed by atoms with Gasteiger partial charge >= 0.3 is 0 Å². The van der Waals surface area contributed by atoms with Crippen LogP contribution in [0.4, 0.5) is 5.13 Å². The first-order chi connectivity index (χ1) is 7.69. The van der Waals surface area contributed by atoms with Crippen LogP contribution in [0.25, 0.3) is 0 Å². The Kier molecular flexibility index (Phi) is 6.16. The Bertz CT molecular complexity index is 301. The van der Waals surface area contributed by atoms with E-state index in [1.165, 1.54) is 12.2 Å². The molecule has 0 aliphatic rings. The van der Waals surface area contributed by atoms with E-state index in [4.69, 9.17) is 0 Å². The molecule has 0 saturated carbocycles. The highest BCUT2D eigenvalue weighted by atomic mass is 32.2. The molecule has 92 valence electrons. The largest absolute Gasteiger partial charge is 0.348 e. The van der Waals surface area contributed by atoms with Gasteiger partial charge in [0.2, 0.25) is 0 Å². The minimum Gasteiger partial charge on any atom is -0.348 e. The van der Waals surface area contributed by atoms with Crippen LogP contribution in [0.15, 0.2) is 5.38 Å². The lowest BCUT2D eigenvalue weighted by Crippen LogP contribution is -2.29. The van der Waals surface area contributed by atoms with Crippen molar-refractivity contribution in [2.75, 3.05) is 31.0 Å². The van der Waals surface area contributed by atoms with E-state index < -0.39 is 0 Å². The van der Waals surface area contributed by atoms with Crippen LogP contribution in [0.3, 0.4) is 0 Å². The second-order valence-electron chi connectivity index (χ2n) is 3.89. The van der Waals surface area contributed by atoms with E-state index in [0.717, 1.165) is 17.4 Å². The molecule has 0 fully saturated rings. The summed E-state index contributed by atoms with van der Waals surface area (Å²) in [6.07, 6.45) is 3.36. The zero-order valence-electron chi connectivity index (χ0n) is 10.5. The van der Waals surface area contributed by atoms with Crippen molar-refractivity contribution in [3.8, 4) is 0 Å². The van der Waals surface area contributed by atoms with Crippen molar-refractivity contribution in [1.29, 1.82) is 0 Å². The maximum Gasteiger partial charge on any atom is 0.185 e. The van der Waals surface area contributed by atoms with Crippen molar-refractivity contribution < 1.29 is 0 Å². The van der Waals surface area contributed by atoms with Crippen LogP contribution in [0.1, 0.15) is 19.0 Å². The van der Waals surface area contributed by atoms with Crippen molar-refractivity contribution in [2.45, 2.75) is 25.9 Å². The predicted molar refractivity (Wildman–Crippen MR) is 75.7 cm³/mol. The monoisotopic (exact) mass is 259 g/mol. The van der Waals surface area contributed by atoms with E-state index in [0.29, 0.717) is 6.04 Å². The molecule has 0 aliphatic heterocycles. The third kappa shape index (κ3) is 3.96. The third-order valence-electron chi connectivity index (χ3n) is 2.60. The predicted octanol–water partition coefficient (Wildman–Crippen LogP) is 2.44. The number of anilines is 1. The summed E-state index contributed by atoms with van der Waals surface area (Å²) < 4.78 is 0. The summed E-state index contributed by atoms with van der Waals surface area (Å²) in [6, 6.07) is 0.557. The number of thiazole rings is 1. The summed E-state index contributed by atoms with van der Waals surface area (Å²) in [5.41, 5.74) is 1.13. The first kappa shape index (κ1) is 13.8. The van der Waals surface area contributed by atoms with E-state index in [1.54, 1.807) is 11.3 Å². The molecule has 0 bridgehead atoms. The van der Waals surface area contributed by atoms with Crippen molar-refractivity contribution in [1.82, 2.24) is 10.3 Å². The normalized spacial score (nSPS) is 12.8. The number of hydrogen-bond acceptors (Lipinski definition) is 5. The topological polar surface area (TPSA) is 28.2 Å². The zero-order valence-corrected chi connectivity index (χ0v) is 12.1. The average Bonchev–Trinajstić information content (AvgIpc) is 2.74. The Labute approximate surface area is 107 Å². The molecule has 0 aromatic carbocycles. The Balaban J connectivity index is 2.53. The number of nitrogens with one attached hydrogen (secondary N) is 1. The summed E-state index contributed by atoms with van der Waals surface area (Å²) >= 11 is 3.63. The molecule has 5 heteroatoms. The maximum absolute atomic E-state index is 4.60. The van der Waals surface area contributed by atoms with Crippen LogP contribution in [0, 0.1) is 0 Å². The first-order valence-electron chi connectivity index (χ1n) is 5.49. The smallest absolute Gasteiger partial charge is 0.185 e. The van der Waals surface area contributed by atoms with Crippen molar-refractivity contribution in [3.05, 3.63) is 11.1 Å². The molecule has 1 aromatic rings. The highest BCUT2D eigenvalue weighted by Gasteiger charge is 2.12. The highest BCUT2D eigenvalue weighted by molar-refractivity contribution is 7.98. The number of hydrogen-bond donors (Lipinski definition) is 1. The standard InChI is InChI=1S/C11H21N3S2/c1-9(5-6-15-4)14(3)11-13-10(7-12-2)8-16-11/h8-9,12H,5-7H2,1-4H3.